The topological polar surface area (TPSA) is 30.5 Å². The molecule has 1 N–H and O–H groups in total. The fourth-order valence-corrected chi connectivity index (χ4v) is 1.73. The number of hydrogen-bond donors (Lipinski definition) is 1. The van der Waals surface area contributed by atoms with E-state index in [1.807, 2.05) is 0 Å². The minimum Gasteiger partial charge on any atom is -0.385 e. The van der Waals surface area contributed by atoms with Crippen LogP contribution in [0.3, 0.4) is 0 Å². The van der Waals surface area contributed by atoms with E-state index in [1.54, 1.807) is 14.2 Å². The van der Waals surface area contributed by atoms with Gasteiger partial charge in [0.05, 0.1) is 6.61 Å². The van der Waals surface area contributed by atoms with Gasteiger partial charge in [-0.05, 0) is 30.5 Å². The fraction of sp³-hybridized carbons (Fsp3) is 0.571. The molecular formula is C14H23NO2. The number of benzene rings is 1. The first-order valence-electron chi connectivity index (χ1n) is 6.13. The zero-order valence-electron chi connectivity index (χ0n) is 10.9. The summed E-state index contributed by atoms with van der Waals surface area (Å²) < 4.78 is 10.1. The van der Waals surface area contributed by atoms with Crippen LogP contribution in [-0.4, -0.2) is 27.4 Å². The number of unbranched alkanes of at least 4 members (excludes halogenated alkanes) is 1. The molecule has 0 unspecified atom stereocenters. The zero-order chi connectivity index (χ0) is 12.3. The normalized spacial score (nSPS) is 10.7. The van der Waals surface area contributed by atoms with Crippen LogP contribution in [0, 0.1) is 0 Å². The third-order valence-corrected chi connectivity index (χ3v) is 2.58. The van der Waals surface area contributed by atoms with Gasteiger partial charge in [0, 0.05) is 27.4 Å². The van der Waals surface area contributed by atoms with E-state index < -0.39 is 0 Å². The molecule has 0 aliphatic heterocycles. The van der Waals surface area contributed by atoms with Crippen LogP contribution in [-0.2, 0) is 22.6 Å². The highest BCUT2D eigenvalue weighted by molar-refractivity contribution is 5.22. The molecule has 3 heteroatoms. The SMILES string of the molecule is COCCCCNCc1cccc(COC)c1. The lowest BCUT2D eigenvalue weighted by atomic mass is 10.1. The summed E-state index contributed by atoms with van der Waals surface area (Å²) in [6.45, 7) is 3.50. The molecule has 0 atom stereocenters. The van der Waals surface area contributed by atoms with Crippen molar-refractivity contribution in [1.82, 2.24) is 5.32 Å². The van der Waals surface area contributed by atoms with Crippen molar-refractivity contribution in [2.45, 2.75) is 26.0 Å². The first kappa shape index (κ1) is 14.2. The van der Waals surface area contributed by atoms with E-state index in [1.165, 1.54) is 11.1 Å². The van der Waals surface area contributed by atoms with Crippen molar-refractivity contribution >= 4 is 0 Å². The Balaban J connectivity index is 2.19. The molecule has 0 aliphatic rings. The third-order valence-electron chi connectivity index (χ3n) is 2.58. The fourth-order valence-electron chi connectivity index (χ4n) is 1.73. The highest BCUT2D eigenvalue weighted by Gasteiger charge is 1.96. The smallest absolute Gasteiger partial charge is 0.0713 e. The largest absolute Gasteiger partial charge is 0.385 e. The molecule has 0 saturated carbocycles. The van der Waals surface area contributed by atoms with Crippen LogP contribution in [0.5, 0.6) is 0 Å². The first-order chi connectivity index (χ1) is 8.36. The average Bonchev–Trinajstić information content (AvgIpc) is 2.35. The first-order valence-corrected chi connectivity index (χ1v) is 6.13. The molecule has 1 aromatic rings. The number of nitrogens with one attached hydrogen (secondary N) is 1. The molecule has 1 aromatic carbocycles. The summed E-state index contributed by atoms with van der Waals surface area (Å²) in [4.78, 5) is 0. The van der Waals surface area contributed by atoms with Gasteiger partial charge >= 0.3 is 0 Å². The molecule has 0 spiro atoms. The summed E-state index contributed by atoms with van der Waals surface area (Å²) in [5.41, 5.74) is 2.54. The molecule has 0 fully saturated rings. The Morgan fingerprint density at radius 2 is 1.88 bits per heavy atom. The van der Waals surface area contributed by atoms with Crippen LogP contribution in [0.2, 0.25) is 0 Å². The summed E-state index contributed by atoms with van der Waals surface area (Å²) >= 11 is 0. The maximum Gasteiger partial charge on any atom is 0.0713 e. The number of ether oxygens (including phenoxy) is 2. The van der Waals surface area contributed by atoms with Crippen LogP contribution in [0.25, 0.3) is 0 Å². The molecular weight excluding hydrogens is 214 g/mol. The molecule has 0 amide bonds. The lowest BCUT2D eigenvalue weighted by molar-refractivity contribution is 0.185. The maximum atomic E-state index is 5.12. The van der Waals surface area contributed by atoms with Crippen LogP contribution in [0.4, 0.5) is 0 Å². The number of methoxy groups -OCH3 is 2. The molecule has 0 saturated heterocycles. The Morgan fingerprint density at radius 1 is 1.06 bits per heavy atom. The minimum atomic E-state index is 0.682. The van der Waals surface area contributed by atoms with Crippen LogP contribution < -0.4 is 5.32 Å². The molecule has 0 bridgehead atoms. The van der Waals surface area contributed by atoms with Crippen molar-refractivity contribution in [1.29, 1.82) is 0 Å². The monoisotopic (exact) mass is 237 g/mol. The second-order valence-electron chi connectivity index (χ2n) is 4.13. The molecule has 17 heavy (non-hydrogen) atoms. The van der Waals surface area contributed by atoms with Crippen LogP contribution >= 0.6 is 0 Å². The van der Waals surface area contributed by atoms with Gasteiger partial charge in [-0.3, -0.25) is 0 Å². The summed E-state index contributed by atoms with van der Waals surface area (Å²) in [5.74, 6) is 0. The standard InChI is InChI=1S/C14H23NO2/c1-16-9-4-3-8-15-11-13-6-5-7-14(10-13)12-17-2/h5-7,10,15H,3-4,8-9,11-12H2,1-2H3. The lowest BCUT2D eigenvalue weighted by Crippen LogP contribution is -2.15. The van der Waals surface area contributed by atoms with Gasteiger partial charge in [-0.1, -0.05) is 24.3 Å². The molecule has 0 radical (unpaired) electrons. The Labute approximate surface area is 104 Å². The summed E-state index contributed by atoms with van der Waals surface area (Å²) in [5, 5.41) is 3.43. The second-order valence-corrected chi connectivity index (χ2v) is 4.13. The summed E-state index contributed by atoms with van der Waals surface area (Å²) in [6, 6.07) is 8.49. The van der Waals surface area contributed by atoms with E-state index in [0.29, 0.717) is 6.61 Å². The Morgan fingerprint density at radius 3 is 2.65 bits per heavy atom. The average molecular weight is 237 g/mol. The van der Waals surface area contributed by atoms with Crippen molar-refractivity contribution in [3.8, 4) is 0 Å². The maximum absolute atomic E-state index is 5.12. The molecule has 3 nitrogen and oxygen atoms in total. The minimum absolute atomic E-state index is 0.682. The van der Waals surface area contributed by atoms with E-state index in [4.69, 9.17) is 9.47 Å². The van der Waals surface area contributed by atoms with Crippen molar-refractivity contribution in [3.05, 3.63) is 35.4 Å². The predicted molar refractivity (Wildman–Crippen MR) is 70.0 cm³/mol. The van der Waals surface area contributed by atoms with Crippen molar-refractivity contribution in [3.63, 3.8) is 0 Å². The van der Waals surface area contributed by atoms with Gasteiger partial charge in [0.15, 0.2) is 0 Å². The van der Waals surface area contributed by atoms with Crippen LogP contribution in [0.15, 0.2) is 24.3 Å². The van der Waals surface area contributed by atoms with Gasteiger partial charge < -0.3 is 14.8 Å². The third kappa shape index (κ3) is 6.41. The van der Waals surface area contributed by atoms with Gasteiger partial charge in [0.2, 0.25) is 0 Å². The van der Waals surface area contributed by atoms with Gasteiger partial charge in [-0.25, -0.2) is 0 Å². The van der Waals surface area contributed by atoms with E-state index >= 15 is 0 Å². The lowest BCUT2D eigenvalue weighted by Gasteiger charge is -2.06. The zero-order valence-corrected chi connectivity index (χ0v) is 10.9. The van der Waals surface area contributed by atoms with Crippen LogP contribution in [0.1, 0.15) is 24.0 Å². The molecule has 0 heterocycles. The quantitative estimate of drug-likeness (QED) is 0.669. The van der Waals surface area contributed by atoms with Crippen molar-refractivity contribution in [2.24, 2.45) is 0 Å². The summed E-state index contributed by atoms with van der Waals surface area (Å²) in [6.07, 6.45) is 2.28. The second kappa shape index (κ2) is 9.16. The summed E-state index contributed by atoms with van der Waals surface area (Å²) in [7, 11) is 3.47. The van der Waals surface area contributed by atoms with E-state index in [0.717, 1.165) is 32.5 Å². The highest BCUT2D eigenvalue weighted by atomic mass is 16.5. The molecule has 0 aromatic heterocycles. The van der Waals surface area contributed by atoms with Gasteiger partial charge in [0.1, 0.15) is 0 Å². The predicted octanol–water partition coefficient (Wildman–Crippen LogP) is 2.35. The van der Waals surface area contributed by atoms with Gasteiger partial charge in [0.25, 0.3) is 0 Å². The Bertz CT molecular complexity index is 302. The number of hydrogen-bond acceptors (Lipinski definition) is 3. The van der Waals surface area contributed by atoms with E-state index in [2.05, 4.69) is 29.6 Å². The van der Waals surface area contributed by atoms with E-state index in [9.17, 15) is 0 Å². The van der Waals surface area contributed by atoms with Gasteiger partial charge in [-0.15, -0.1) is 0 Å². The highest BCUT2D eigenvalue weighted by Crippen LogP contribution is 2.06. The van der Waals surface area contributed by atoms with Crippen molar-refractivity contribution in [2.75, 3.05) is 27.4 Å². The van der Waals surface area contributed by atoms with Gasteiger partial charge in [-0.2, -0.15) is 0 Å². The molecule has 0 aliphatic carbocycles. The Kier molecular flexibility index (Phi) is 7.63. The number of rotatable bonds is 9. The van der Waals surface area contributed by atoms with Crippen molar-refractivity contribution < 1.29 is 9.47 Å². The Hall–Kier alpha value is -0.900. The van der Waals surface area contributed by atoms with E-state index in [-0.39, 0.29) is 0 Å². The molecule has 96 valence electrons. The molecule has 1 rings (SSSR count).